The number of aryl methyl sites for hydroxylation is 3. The van der Waals surface area contributed by atoms with Gasteiger partial charge in [-0.1, -0.05) is 0 Å². The lowest BCUT2D eigenvalue weighted by atomic mass is 10.3. The molecule has 2 heterocycles. The fourth-order valence-corrected chi connectivity index (χ4v) is 2.68. The van der Waals surface area contributed by atoms with Crippen LogP contribution in [0.3, 0.4) is 0 Å². The molecule has 0 fully saturated rings. The Morgan fingerprint density at radius 3 is 2.95 bits per heavy atom. The Bertz CT molecular complexity index is 728. The van der Waals surface area contributed by atoms with Crippen LogP contribution >= 0.6 is 22.6 Å². The third kappa shape index (κ3) is 2.32. The van der Waals surface area contributed by atoms with Crippen molar-refractivity contribution in [1.82, 2.24) is 19.1 Å². The summed E-state index contributed by atoms with van der Waals surface area (Å²) < 4.78 is 5.23. The summed E-state index contributed by atoms with van der Waals surface area (Å²) in [5.41, 5.74) is 8.03. The average molecular weight is 367 g/mol. The maximum absolute atomic E-state index is 6.00. The van der Waals surface area contributed by atoms with Gasteiger partial charge in [-0.25, -0.2) is 9.97 Å². The van der Waals surface area contributed by atoms with E-state index in [9.17, 15) is 0 Å². The third-order valence-electron chi connectivity index (χ3n) is 3.22. The van der Waals surface area contributed by atoms with E-state index < -0.39 is 0 Å². The molecule has 0 atom stereocenters. The number of hydrogen-bond acceptors (Lipinski definition) is 3. The van der Waals surface area contributed by atoms with Crippen molar-refractivity contribution in [2.45, 2.75) is 13.0 Å². The summed E-state index contributed by atoms with van der Waals surface area (Å²) in [6.07, 6.45) is 4.60. The first kappa shape index (κ1) is 12.5. The number of halogens is 1. The van der Waals surface area contributed by atoms with Gasteiger partial charge >= 0.3 is 0 Å². The first-order valence-electron chi connectivity index (χ1n) is 6.02. The Kier molecular flexibility index (Phi) is 3.17. The zero-order valence-corrected chi connectivity index (χ0v) is 12.7. The van der Waals surface area contributed by atoms with E-state index in [0.717, 1.165) is 29.8 Å². The van der Waals surface area contributed by atoms with Crippen molar-refractivity contribution in [1.29, 1.82) is 0 Å². The van der Waals surface area contributed by atoms with E-state index in [4.69, 9.17) is 5.73 Å². The third-order valence-corrected chi connectivity index (χ3v) is 3.89. The van der Waals surface area contributed by atoms with Crippen molar-refractivity contribution in [2.24, 2.45) is 7.05 Å². The summed E-state index contributed by atoms with van der Waals surface area (Å²) in [5.74, 6) is 1.61. The van der Waals surface area contributed by atoms with Crippen LogP contribution in [0.4, 0.5) is 5.95 Å². The molecule has 5 nitrogen and oxygen atoms in total. The summed E-state index contributed by atoms with van der Waals surface area (Å²) in [5, 5.41) is 0. The second-order valence-electron chi connectivity index (χ2n) is 4.46. The molecule has 0 unspecified atom stereocenters. The fraction of sp³-hybridized carbons (Fsp3) is 0.231. The number of nitrogens with zero attached hydrogens (tertiary/aromatic N) is 4. The molecule has 0 bridgehead atoms. The summed E-state index contributed by atoms with van der Waals surface area (Å²) in [6.45, 7) is 0.785. The van der Waals surface area contributed by atoms with Crippen LogP contribution in [0.2, 0.25) is 0 Å². The van der Waals surface area contributed by atoms with E-state index >= 15 is 0 Å². The van der Waals surface area contributed by atoms with E-state index in [0.29, 0.717) is 5.95 Å². The molecule has 0 saturated carbocycles. The normalized spacial score (nSPS) is 11.3. The Labute approximate surface area is 124 Å². The minimum Gasteiger partial charge on any atom is -0.369 e. The number of hydrogen-bond donors (Lipinski definition) is 1. The SMILES string of the molecule is Cn1ccnc1CCn1c(N)nc2cc(I)ccc21. The number of aromatic nitrogens is 4. The van der Waals surface area contributed by atoms with E-state index in [2.05, 4.69) is 44.7 Å². The van der Waals surface area contributed by atoms with Gasteiger partial charge < -0.3 is 14.9 Å². The fourth-order valence-electron chi connectivity index (χ4n) is 2.21. The van der Waals surface area contributed by atoms with Crippen molar-refractivity contribution in [3.8, 4) is 0 Å². The molecule has 19 heavy (non-hydrogen) atoms. The average Bonchev–Trinajstić information content (AvgIpc) is 2.90. The predicted octanol–water partition coefficient (Wildman–Crippen LogP) is 2.20. The van der Waals surface area contributed by atoms with Crippen LogP contribution in [0.5, 0.6) is 0 Å². The lowest BCUT2D eigenvalue weighted by Gasteiger charge is -2.06. The predicted molar refractivity (Wildman–Crippen MR) is 83.8 cm³/mol. The Morgan fingerprint density at radius 2 is 2.21 bits per heavy atom. The number of nitrogen functional groups attached to an aromatic ring is 1. The number of fused-ring (bicyclic) bond motifs is 1. The van der Waals surface area contributed by atoms with Crippen LogP contribution < -0.4 is 5.73 Å². The largest absolute Gasteiger partial charge is 0.369 e. The number of rotatable bonds is 3. The van der Waals surface area contributed by atoms with E-state index in [1.54, 1.807) is 0 Å². The minimum absolute atomic E-state index is 0.561. The van der Waals surface area contributed by atoms with Crippen molar-refractivity contribution in [3.05, 3.63) is 40.0 Å². The zero-order valence-electron chi connectivity index (χ0n) is 10.5. The lowest BCUT2D eigenvalue weighted by Crippen LogP contribution is -2.08. The molecule has 0 spiro atoms. The van der Waals surface area contributed by atoms with E-state index in [-0.39, 0.29) is 0 Å². The molecule has 1 aromatic carbocycles. The smallest absolute Gasteiger partial charge is 0.201 e. The molecular formula is C13H14IN5. The molecule has 3 aromatic rings. The van der Waals surface area contributed by atoms with Gasteiger partial charge in [0.25, 0.3) is 0 Å². The van der Waals surface area contributed by atoms with Crippen LogP contribution in [0.25, 0.3) is 11.0 Å². The van der Waals surface area contributed by atoms with Crippen LogP contribution in [0, 0.1) is 3.57 Å². The van der Waals surface area contributed by atoms with E-state index in [1.165, 1.54) is 3.57 Å². The van der Waals surface area contributed by atoms with Crippen LogP contribution in [-0.2, 0) is 20.0 Å². The topological polar surface area (TPSA) is 61.7 Å². The first-order valence-corrected chi connectivity index (χ1v) is 7.10. The highest BCUT2D eigenvalue weighted by Crippen LogP contribution is 2.20. The highest BCUT2D eigenvalue weighted by atomic mass is 127. The van der Waals surface area contributed by atoms with Crippen molar-refractivity contribution in [3.63, 3.8) is 0 Å². The van der Waals surface area contributed by atoms with Gasteiger partial charge in [0.05, 0.1) is 11.0 Å². The second-order valence-corrected chi connectivity index (χ2v) is 5.70. The first-order chi connectivity index (χ1) is 9.15. The molecule has 0 amide bonds. The van der Waals surface area contributed by atoms with Gasteiger partial charge in [0.15, 0.2) is 0 Å². The van der Waals surface area contributed by atoms with Crippen molar-refractivity contribution >= 4 is 39.6 Å². The molecule has 0 radical (unpaired) electrons. The Morgan fingerprint density at radius 1 is 1.37 bits per heavy atom. The van der Waals surface area contributed by atoms with Gasteiger partial charge in [-0.05, 0) is 40.8 Å². The highest BCUT2D eigenvalue weighted by Gasteiger charge is 2.09. The monoisotopic (exact) mass is 367 g/mol. The summed E-state index contributed by atoms with van der Waals surface area (Å²) in [6, 6.07) is 6.18. The van der Waals surface area contributed by atoms with Gasteiger partial charge in [-0.15, -0.1) is 0 Å². The molecule has 0 aliphatic carbocycles. The van der Waals surface area contributed by atoms with Gasteiger partial charge in [0.1, 0.15) is 5.82 Å². The number of imidazole rings is 2. The van der Waals surface area contributed by atoms with Crippen LogP contribution in [0.1, 0.15) is 5.82 Å². The molecular weight excluding hydrogens is 353 g/mol. The van der Waals surface area contributed by atoms with Gasteiger partial charge in [0, 0.05) is 36.0 Å². The van der Waals surface area contributed by atoms with Crippen LogP contribution in [-0.4, -0.2) is 19.1 Å². The molecule has 98 valence electrons. The quantitative estimate of drug-likeness (QED) is 0.722. The number of benzene rings is 1. The highest BCUT2D eigenvalue weighted by molar-refractivity contribution is 14.1. The summed E-state index contributed by atoms with van der Waals surface area (Å²) in [7, 11) is 2.00. The minimum atomic E-state index is 0.561. The van der Waals surface area contributed by atoms with Crippen LogP contribution in [0.15, 0.2) is 30.6 Å². The Hall–Kier alpha value is -1.57. The molecule has 0 saturated heterocycles. The maximum atomic E-state index is 6.00. The molecule has 2 N–H and O–H groups in total. The standard InChI is InChI=1S/C13H14IN5/c1-18-7-5-16-12(18)4-6-19-11-3-2-9(14)8-10(11)17-13(19)15/h2-3,5,7-8H,4,6H2,1H3,(H2,15,17). The Balaban J connectivity index is 1.92. The maximum Gasteiger partial charge on any atom is 0.201 e. The summed E-state index contributed by atoms with van der Waals surface area (Å²) >= 11 is 2.28. The van der Waals surface area contributed by atoms with Gasteiger partial charge in [-0.3, -0.25) is 0 Å². The van der Waals surface area contributed by atoms with Gasteiger partial charge in [0.2, 0.25) is 5.95 Å². The molecule has 0 aliphatic rings. The molecule has 2 aromatic heterocycles. The summed E-state index contributed by atoms with van der Waals surface area (Å²) in [4.78, 5) is 8.73. The molecule has 6 heteroatoms. The lowest BCUT2D eigenvalue weighted by molar-refractivity contribution is 0.670. The number of nitrogens with two attached hydrogens (primary N) is 1. The number of anilines is 1. The van der Waals surface area contributed by atoms with Crippen molar-refractivity contribution in [2.75, 3.05) is 5.73 Å². The van der Waals surface area contributed by atoms with E-state index in [1.807, 2.05) is 34.6 Å². The molecule has 0 aliphatic heterocycles. The second kappa shape index (κ2) is 4.84. The van der Waals surface area contributed by atoms with Crippen molar-refractivity contribution < 1.29 is 0 Å². The molecule has 3 rings (SSSR count). The zero-order chi connectivity index (χ0) is 13.4. The van der Waals surface area contributed by atoms with Gasteiger partial charge in [-0.2, -0.15) is 0 Å².